The van der Waals surface area contributed by atoms with Gasteiger partial charge < -0.3 is 19.5 Å². The molecule has 3 rings (SSSR count). The molecule has 1 heterocycles. The monoisotopic (exact) mass is 405 g/mol. The Kier molecular flexibility index (Phi) is 6.56. The van der Waals surface area contributed by atoms with E-state index >= 15 is 0 Å². The molecule has 0 spiro atoms. The highest BCUT2D eigenvalue weighted by Gasteiger charge is 2.15. The van der Waals surface area contributed by atoms with Crippen molar-refractivity contribution in [1.82, 2.24) is 4.98 Å². The number of anilines is 2. The van der Waals surface area contributed by atoms with Crippen molar-refractivity contribution in [3.8, 4) is 23.3 Å². The molecule has 27 heavy (non-hydrogen) atoms. The number of fused-ring (bicyclic) bond motifs is 1. The van der Waals surface area contributed by atoms with Crippen LogP contribution in [0.4, 0.5) is 11.4 Å². The highest BCUT2D eigenvalue weighted by Crippen LogP contribution is 2.41. The van der Waals surface area contributed by atoms with E-state index in [9.17, 15) is 5.26 Å². The number of rotatable bonds is 5. The second kappa shape index (κ2) is 8.67. The first-order chi connectivity index (χ1) is 12.6. The van der Waals surface area contributed by atoms with E-state index in [-0.39, 0.29) is 12.4 Å². The van der Waals surface area contributed by atoms with Crippen molar-refractivity contribution >= 4 is 46.3 Å². The summed E-state index contributed by atoms with van der Waals surface area (Å²) in [7, 11) is 4.63. The molecule has 0 saturated carbocycles. The van der Waals surface area contributed by atoms with Gasteiger partial charge in [0.05, 0.1) is 38.1 Å². The van der Waals surface area contributed by atoms with Crippen LogP contribution in [0, 0.1) is 11.3 Å². The number of nitriles is 1. The van der Waals surface area contributed by atoms with Crippen LogP contribution in [0.15, 0.2) is 36.5 Å². The molecule has 0 fully saturated rings. The fraction of sp³-hybridized carbons (Fsp3) is 0.158. The number of pyridine rings is 1. The molecular formula is C19H17Cl2N3O3. The largest absolute Gasteiger partial charge is 0.493 e. The molecule has 0 radical (unpaired) electrons. The highest BCUT2D eigenvalue weighted by atomic mass is 35.5. The summed E-state index contributed by atoms with van der Waals surface area (Å²) >= 11 is 6.13. The molecule has 0 atom stereocenters. The van der Waals surface area contributed by atoms with Gasteiger partial charge in [-0.25, -0.2) is 0 Å². The van der Waals surface area contributed by atoms with Gasteiger partial charge in [-0.15, -0.1) is 12.4 Å². The molecule has 0 unspecified atom stereocenters. The number of aromatic nitrogens is 1. The van der Waals surface area contributed by atoms with E-state index in [1.807, 2.05) is 0 Å². The fourth-order valence-corrected chi connectivity index (χ4v) is 2.85. The molecule has 1 aromatic heterocycles. The third-order valence-electron chi connectivity index (χ3n) is 3.88. The van der Waals surface area contributed by atoms with E-state index < -0.39 is 0 Å². The normalized spacial score (nSPS) is 9.89. The van der Waals surface area contributed by atoms with Crippen molar-refractivity contribution < 1.29 is 14.2 Å². The topological polar surface area (TPSA) is 76.4 Å². The van der Waals surface area contributed by atoms with Gasteiger partial charge in [-0.3, -0.25) is 4.98 Å². The summed E-state index contributed by atoms with van der Waals surface area (Å²) in [4.78, 5) is 4.30. The molecular weight excluding hydrogens is 389 g/mol. The second-order valence-corrected chi connectivity index (χ2v) is 5.80. The van der Waals surface area contributed by atoms with Crippen LogP contribution in [0.5, 0.6) is 17.2 Å². The minimum Gasteiger partial charge on any atom is -0.493 e. The summed E-state index contributed by atoms with van der Waals surface area (Å²) in [5.74, 6) is 1.50. The van der Waals surface area contributed by atoms with Crippen LogP contribution in [-0.4, -0.2) is 26.3 Å². The van der Waals surface area contributed by atoms with Crippen molar-refractivity contribution in [1.29, 1.82) is 5.26 Å². The lowest BCUT2D eigenvalue weighted by atomic mass is 10.1. The molecule has 0 bridgehead atoms. The van der Waals surface area contributed by atoms with E-state index in [4.69, 9.17) is 25.8 Å². The van der Waals surface area contributed by atoms with E-state index in [1.54, 1.807) is 51.7 Å². The van der Waals surface area contributed by atoms with Gasteiger partial charge in [-0.2, -0.15) is 5.26 Å². The zero-order valence-corrected chi connectivity index (χ0v) is 16.4. The van der Waals surface area contributed by atoms with E-state index in [0.717, 1.165) is 10.9 Å². The first-order valence-corrected chi connectivity index (χ1v) is 8.04. The summed E-state index contributed by atoms with van der Waals surface area (Å²) in [5.41, 5.74) is 2.40. The Hall–Kier alpha value is -2.88. The average Bonchev–Trinajstić information content (AvgIpc) is 2.67. The van der Waals surface area contributed by atoms with Crippen molar-refractivity contribution in [2.75, 3.05) is 26.6 Å². The van der Waals surface area contributed by atoms with E-state index in [1.165, 1.54) is 6.20 Å². The molecule has 0 aliphatic heterocycles. The Morgan fingerprint density at radius 3 is 2.26 bits per heavy atom. The molecule has 0 aliphatic rings. The molecule has 6 nitrogen and oxygen atoms in total. The van der Waals surface area contributed by atoms with Gasteiger partial charge in [0.25, 0.3) is 0 Å². The lowest BCUT2D eigenvalue weighted by molar-refractivity contribution is 0.324. The van der Waals surface area contributed by atoms with Crippen LogP contribution in [0.1, 0.15) is 5.56 Å². The predicted octanol–water partition coefficient (Wildman–Crippen LogP) is 4.95. The summed E-state index contributed by atoms with van der Waals surface area (Å²) in [6.07, 6.45) is 1.52. The first kappa shape index (κ1) is 20.4. The van der Waals surface area contributed by atoms with Crippen LogP contribution < -0.4 is 19.5 Å². The van der Waals surface area contributed by atoms with Gasteiger partial charge >= 0.3 is 0 Å². The molecule has 0 aliphatic carbocycles. The summed E-state index contributed by atoms with van der Waals surface area (Å²) in [5, 5.41) is 14.0. The average molecular weight is 406 g/mol. The molecule has 140 valence electrons. The van der Waals surface area contributed by atoms with Gasteiger partial charge in [-0.05, 0) is 18.2 Å². The van der Waals surface area contributed by atoms with Crippen LogP contribution in [0.3, 0.4) is 0 Å². The van der Waals surface area contributed by atoms with Gasteiger partial charge in [0.1, 0.15) is 6.07 Å². The molecule has 0 amide bonds. The maximum absolute atomic E-state index is 9.48. The maximum Gasteiger partial charge on any atom is 0.203 e. The molecule has 8 heteroatoms. The number of nitrogens with one attached hydrogen (secondary N) is 1. The van der Waals surface area contributed by atoms with Gasteiger partial charge in [0, 0.05) is 34.4 Å². The second-order valence-electron chi connectivity index (χ2n) is 5.36. The minimum atomic E-state index is 0. The van der Waals surface area contributed by atoms with Gasteiger partial charge in [-0.1, -0.05) is 11.6 Å². The third-order valence-corrected chi connectivity index (χ3v) is 4.12. The predicted molar refractivity (Wildman–Crippen MR) is 108 cm³/mol. The van der Waals surface area contributed by atoms with Crippen molar-refractivity contribution in [3.05, 3.63) is 47.1 Å². The Morgan fingerprint density at radius 2 is 1.70 bits per heavy atom. The first-order valence-electron chi connectivity index (χ1n) is 7.66. The minimum absolute atomic E-state index is 0. The van der Waals surface area contributed by atoms with Crippen LogP contribution in [0.25, 0.3) is 10.9 Å². The fourth-order valence-electron chi connectivity index (χ4n) is 2.68. The number of hydrogen-bond acceptors (Lipinski definition) is 6. The van der Waals surface area contributed by atoms with Crippen molar-refractivity contribution in [3.63, 3.8) is 0 Å². The van der Waals surface area contributed by atoms with Gasteiger partial charge in [0.15, 0.2) is 11.5 Å². The van der Waals surface area contributed by atoms with Crippen molar-refractivity contribution in [2.45, 2.75) is 0 Å². The molecule has 2 aromatic carbocycles. The Balaban J connectivity index is 0.00000261. The molecule has 0 saturated heterocycles. The van der Waals surface area contributed by atoms with Crippen molar-refractivity contribution in [2.24, 2.45) is 0 Å². The Labute approximate surface area is 168 Å². The number of benzene rings is 2. The number of halogens is 2. The van der Waals surface area contributed by atoms with Gasteiger partial charge in [0.2, 0.25) is 5.75 Å². The summed E-state index contributed by atoms with van der Waals surface area (Å²) < 4.78 is 16.1. The van der Waals surface area contributed by atoms with Crippen LogP contribution in [-0.2, 0) is 0 Å². The Morgan fingerprint density at radius 1 is 1.04 bits per heavy atom. The standard InChI is InChI=1S/C19H16ClN3O3.ClH/c1-24-16-7-13(8-17(25-2)19(16)26-3)23-18-11(9-21)10-22-15-5-4-12(20)6-14(15)18;/h4-8,10H,1-3H3,(H,22,23);1H. The van der Waals surface area contributed by atoms with Crippen LogP contribution in [0.2, 0.25) is 5.02 Å². The number of ether oxygens (including phenoxy) is 3. The Bertz CT molecular complexity index is 994. The molecule has 3 aromatic rings. The summed E-state index contributed by atoms with van der Waals surface area (Å²) in [6.45, 7) is 0. The summed E-state index contributed by atoms with van der Waals surface area (Å²) in [6, 6.07) is 11.0. The highest BCUT2D eigenvalue weighted by molar-refractivity contribution is 6.31. The smallest absolute Gasteiger partial charge is 0.203 e. The lowest BCUT2D eigenvalue weighted by Gasteiger charge is -2.16. The number of nitrogens with zero attached hydrogens (tertiary/aromatic N) is 2. The zero-order valence-electron chi connectivity index (χ0n) is 14.9. The van der Waals surface area contributed by atoms with Crippen LogP contribution >= 0.6 is 24.0 Å². The molecule has 1 N–H and O–H groups in total. The number of methoxy groups -OCH3 is 3. The SMILES string of the molecule is COc1cc(Nc2c(C#N)cnc3ccc(Cl)cc23)cc(OC)c1OC.Cl. The number of hydrogen-bond donors (Lipinski definition) is 1. The maximum atomic E-state index is 9.48. The lowest BCUT2D eigenvalue weighted by Crippen LogP contribution is -2.00. The third kappa shape index (κ3) is 3.95. The quantitative estimate of drug-likeness (QED) is 0.646. The van der Waals surface area contributed by atoms with E-state index in [0.29, 0.717) is 39.2 Å². The zero-order chi connectivity index (χ0) is 18.7. The van der Waals surface area contributed by atoms with E-state index in [2.05, 4.69) is 16.4 Å².